The lowest BCUT2D eigenvalue weighted by atomic mass is 9.94. The molecule has 2 amide bonds. The molecule has 1 atom stereocenters. The van der Waals surface area contributed by atoms with Gasteiger partial charge in [0.25, 0.3) is 0 Å². The molecular weight excluding hydrogens is 348 g/mol. The van der Waals surface area contributed by atoms with E-state index in [2.05, 4.69) is 15.7 Å². The second kappa shape index (κ2) is 7.94. The molecule has 3 rings (SSSR count). The van der Waals surface area contributed by atoms with E-state index >= 15 is 0 Å². The number of carbonyl (C=O) groups is 2. The summed E-state index contributed by atoms with van der Waals surface area (Å²) >= 11 is 0. The number of rotatable bonds is 6. The molecule has 0 fully saturated rings. The highest BCUT2D eigenvalue weighted by Gasteiger charge is 2.32. The summed E-state index contributed by atoms with van der Waals surface area (Å²) < 4.78 is 12.4. The van der Waals surface area contributed by atoms with Crippen LogP contribution in [0.3, 0.4) is 0 Å². The lowest BCUT2D eigenvalue weighted by Crippen LogP contribution is -2.45. The van der Waals surface area contributed by atoms with Gasteiger partial charge in [-0.25, -0.2) is 9.59 Å². The summed E-state index contributed by atoms with van der Waals surface area (Å²) in [5.74, 6) is 0.241. The van der Waals surface area contributed by atoms with Gasteiger partial charge in [-0.3, -0.25) is 4.68 Å². The maximum absolute atomic E-state index is 12.5. The van der Waals surface area contributed by atoms with E-state index in [0.717, 1.165) is 11.1 Å². The molecule has 1 aliphatic rings. The van der Waals surface area contributed by atoms with Crippen LogP contribution in [0.15, 0.2) is 47.9 Å². The summed E-state index contributed by atoms with van der Waals surface area (Å²) in [6.45, 7) is 4.18. The Bertz CT molecular complexity index is 874. The molecule has 27 heavy (non-hydrogen) atoms. The largest absolute Gasteiger partial charge is 0.496 e. The van der Waals surface area contributed by atoms with Crippen LogP contribution in [0.25, 0.3) is 0 Å². The molecule has 2 N–H and O–H groups in total. The molecule has 1 unspecified atom stereocenters. The third-order valence-electron chi connectivity index (χ3n) is 4.29. The van der Waals surface area contributed by atoms with E-state index in [1.54, 1.807) is 31.8 Å². The Morgan fingerprint density at radius 3 is 2.85 bits per heavy atom. The molecule has 142 valence electrons. The highest BCUT2D eigenvalue weighted by molar-refractivity contribution is 5.95. The van der Waals surface area contributed by atoms with Crippen molar-refractivity contribution in [2.24, 2.45) is 0 Å². The van der Waals surface area contributed by atoms with Crippen LogP contribution in [0.2, 0.25) is 0 Å². The number of benzene rings is 1. The van der Waals surface area contributed by atoms with Crippen LogP contribution in [0, 0.1) is 0 Å². The predicted octanol–water partition coefficient (Wildman–Crippen LogP) is 2.13. The number of aromatic nitrogens is 2. The fraction of sp³-hybridized carbons (Fsp3) is 0.316. The van der Waals surface area contributed by atoms with Crippen LogP contribution >= 0.6 is 0 Å². The topological polar surface area (TPSA) is 94.5 Å². The summed E-state index contributed by atoms with van der Waals surface area (Å²) in [5, 5.41) is 9.65. The molecule has 8 nitrogen and oxygen atoms in total. The van der Waals surface area contributed by atoms with Crippen LogP contribution in [-0.4, -0.2) is 35.5 Å². The minimum absolute atomic E-state index is 0.253. The third-order valence-corrected chi connectivity index (χ3v) is 4.29. The summed E-state index contributed by atoms with van der Waals surface area (Å²) in [6, 6.07) is 6.42. The average molecular weight is 370 g/mol. The Balaban J connectivity index is 2.01. The van der Waals surface area contributed by atoms with E-state index in [0.29, 0.717) is 23.6 Å². The van der Waals surface area contributed by atoms with Crippen LogP contribution in [-0.2, 0) is 16.1 Å². The zero-order chi connectivity index (χ0) is 19.4. The van der Waals surface area contributed by atoms with Crippen molar-refractivity contribution in [3.63, 3.8) is 0 Å². The van der Waals surface area contributed by atoms with Gasteiger partial charge in [-0.2, -0.15) is 5.10 Å². The zero-order valence-corrected chi connectivity index (χ0v) is 15.5. The highest BCUT2D eigenvalue weighted by atomic mass is 16.5. The molecule has 2 heterocycles. The Morgan fingerprint density at radius 1 is 1.37 bits per heavy atom. The molecule has 0 bridgehead atoms. The van der Waals surface area contributed by atoms with Gasteiger partial charge in [-0.05, 0) is 37.6 Å². The monoisotopic (exact) mass is 370 g/mol. The highest BCUT2D eigenvalue weighted by Crippen LogP contribution is 2.31. The normalized spacial score (nSPS) is 16.6. The number of urea groups is 1. The lowest BCUT2D eigenvalue weighted by Gasteiger charge is -2.28. The van der Waals surface area contributed by atoms with Gasteiger partial charge in [0, 0.05) is 23.7 Å². The molecule has 1 aliphatic heterocycles. The van der Waals surface area contributed by atoms with E-state index in [-0.39, 0.29) is 12.6 Å². The van der Waals surface area contributed by atoms with E-state index in [1.165, 1.54) is 0 Å². The number of esters is 1. The molecule has 0 spiro atoms. The van der Waals surface area contributed by atoms with Crippen LogP contribution in [0.4, 0.5) is 4.79 Å². The number of allylic oxidation sites excluding steroid dienone is 1. The molecule has 0 radical (unpaired) electrons. The first-order valence-corrected chi connectivity index (χ1v) is 8.63. The average Bonchev–Trinajstić information content (AvgIpc) is 3.14. The predicted molar refractivity (Wildman–Crippen MR) is 98.1 cm³/mol. The van der Waals surface area contributed by atoms with E-state index in [4.69, 9.17) is 9.47 Å². The van der Waals surface area contributed by atoms with Crippen molar-refractivity contribution in [3.8, 4) is 5.75 Å². The van der Waals surface area contributed by atoms with Gasteiger partial charge in [0.05, 0.1) is 31.9 Å². The molecule has 1 aromatic carbocycles. The second-order valence-electron chi connectivity index (χ2n) is 6.07. The number of ether oxygens (including phenoxy) is 2. The first-order valence-electron chi connectivity index (χ1n) is 8.63. The van der Waals surface area contributed by atoms with Crippen molar-refractivity contribution in [3.05, 3.63) is 59.1 Å². The zero-order valence-electron chi connectivity index (χ0n) is 15.5. The Labute approximate surface area is 157 Å². The van der Waals surface area contributed by atoms with Crippen molar-refractivity contribution < 1.29 is 19.1 Å². The minimum atomic E-state index is -0.611. The number of nitrogens with one attached hydrogen (secondary N) is 2. The third kappa shape index (κ3) is 3.94. The molecule has 0 saturated heterocycles. The second-order valence-corrected chi connectivity index (χ2v) is 6.07. The maximum atomic E-state index is 12.5. The Morgan fingerprint density at radius 2 is 2.19 bits per heavy atom. The number of methoxy groups -OCH3 is 1. The number of amides is 2. The molecule has 2 aromatic rings. The maximum Gasteiger partial charge on any atom is 0.338 e. The van der Waals surface area contributed by atoms with E-state index in [9.17, 15) is 9.59 Å². The smallest absolute Gasteiger partial charge is 0.338 e. The van der Waals surface area contributed by atoms with Crippen molar-refractivity contribution in [2.75, 3.05) is 13.7 Å². The lowest BCUT2D eigenvalue weighted by molar-refractivity contribution is -0.139. The van der Waals surface area contributed by atoms with Crippen LogP contribution < -0.4 is 15.4 Å². The number of nitrogens with zero attached hydrogens (tertiary/aromatic N) is 2. The fourth-order valence-corrected chi connectivity index (χ4v) is 3.09. The van der Waals surface area contributed by atoms with Gasteiger partial charge in [-0.15, -0.1) is 0 Å². The summed E-state index contributed by atoms with van der Waals surface area (Å²) in [5.41, 5.74) is 2.50. The summed E-state index contributed by atoms with van der Waals surface area (Å²) in [4.78, 5) is 24.5. The Kier molecular flexibility index (Phi) is 5.44. The van der Waals surface area contributed by atoms with Crippen LogP contribution in [0.5, 0.6) is 5.75 Å². The van der Waals surface area contributed by atoms with Gasteiger partial charge >= 0.3 is 12.0 Å². The summed E-state index contributed by atoms with van der Waals surface area (Å²) in [7, 11) is 1.60. The number of carbonyl (C=O) groups excluding carboxylic acids is 2. The van der Waals surface area contributed by atoms with Gasteiger partial charge in [0.2, 0.25) is 0 Å². The molecule has 8 heteroatoms. The van der Waals surface area contributed by atoms with Gasteiger partial charge < -0.3 is 20.1 Å². The van der Waals surface area contributed by atoms with Crippen LogP contribution in [0.1, 0.15) is 31.0 Å². The molecule has 0 aliphatic carbocycles. The summed E-state index contributed by atoms with van der Waals surface area (Å²) in [6.07, 6.45) is 3.56. The SMILES string of the molecule is CCOC(=O)C1=C(C)NC(=O)NC1c1ccc(OC)c(Cn2cccn2)c1. The first kappa shape index (κ1) is 18.5. The van der Waals surface area contributed by atoms with E-state index in [1.807, 2.05) is 30.5 Å². The molecular formula is C19H22N4O4. The van der Waals surface area contributed by atoms with Gasteiger partial charge in [-0.1, -0.05) is 6.07 Å². The minimum Gasteiger partial charge on any atom is -0.496 e. The van der Waals surface area contributed by atoms with Crippen molar-refractivity contribution in [2.45, 2.75) is 26.4 Å². The molecule has 0 saturated carbocycles. The molecule has 1 aromatic heterocycles. The van der Waals surface area contributed by atoms with E-state index < -0.39 is 12.0 Å². The van der Waals surface area contributed by atoms with Crippen molar-refractivity contribution in [1.82, 2.24) is 20.4 Å². The quantitative estimate of drug-likeness (QED) is 0.760. The van der Waals surface area contributed by atoms with Crippen molar-refractivity contribution in [1.29, 1.82) is 0 Å². The van der Waals surface area contributed by atoms with Gasteiger partial charge in [0.15, 0.2) is 0 Å². The van der Waals surface area contributed by atoms with Crippen molar-refractivity contribution >= 4 is 12.0 Å². The fourth-order valence-electron chi connectivity index (χ4n) is 3.09. The Hall–Kier alpha value is -3.29. The number of hydrogen-bond donors (Lipinski definition) is 2. The van der Waals surface area contributed by atoms with Gasteiger partial charge in [0.1, 0.15) is 5.75 Å². The first-order chi connectivity index (χ1) is 13.0. The standard InChI is InChI=1S/C19H22N4O4/c1-4-27-18(24)16-12(2)21-19(25)22-17(16)13-6-7-15(26-3)14(10-13)11-23-9-5-8-20-23/h5-10,17H,4,11H2,1-3H3,(H2,21,22,25). The number of hydrogen-bond acceptors (Lipinski definition) is 5.